The number of phosphoric ester groups is 1. The SMILES string of the molecule is C=N[C@]1(COP(=O)(O)OCC(COCCCCCCCCCCCCCCCCCC)COc2cc(F)cc(C#N)c2)O[C@@H](c2ccc3c(N)ncnn23)[C@H](O)[C@@H]1O. The van der Waals surface area contributed by atoms with E-state index in [-0.39, 0.29) is 37.0 Å². The highest BCUT2D eigenvalue weighted by Gasteiger charge is 2.56. The van der Waals surface area contributed by atoms with Gasteiger partial charge in [0.1, 0.15) is 48.3 Å². The van der Waals surface area contributed by atoms with Crippen LogP contribution >= 0.6 is 7.82 Å². The standard InChI is InChI=1S/C41H62FN6O9P/c1-3-4-5-6-7-8-9-10-11-12-13-14-15-16-17-18-21-53-26-32(27-54-34-23-31(25-43)22-33(42)24-34)28-55-58(51,52)56-29-41(45-2)39(50)37(49)38(57-41)35-19-20-36-40(44)46-30-47-48(35)36/h19-20,22-24,30,32,37-39,49-50H,2-18,21,26-29H2,1H3,(H,51,52)(H2,44,46,47)/t32?,37-,38-,39-,41+/m0/s1. The highest BCUT2D eigenvalue weighted by molar-refractivity contribution is 7.47. The van der Waals surface area contributed by atoms with Crippen molar-refractivity contribution in [2.45, 2.75) is 134 Å². The number of aromatic nitrogens is 3. The number of aliphatic hydroxyl groups excluding tert-OH is 2. The van der Waals surface area contributed by atoms with Crippen molar-refractivity contribution in [2.24, 2.45) is 10.9 Å². The molecule has 1 saturated heterocycles. The third-order valence-electron chi connectivity index (χ3n) is 10.4. The van der Waals surface area contributed by atoms with Crippen LogP contribution in [0.5, 0.6) is 5.75 Å². The van der Waals surface area contributed by atoms with Gasteiger partial charge in [0.15, 0.2) is 5.82 Å². The summed E-state index contributed by atoms with van der Waals surface area (Å²) < 4.78 is 56.7. The van der Waals surface area contributed by atoms with Crippen LogP contribution in [-0.4, -0.2) is 87.4 Å². The smallest absolute Gasteiger partial charge is 0.472 e. The molecule has 17 heteroatoms. The topological polar surface area (TPSA) is 216 Å². The molecule has 322 valence electrons. The number of nitrogen functional groups attached to an aromatic ring is 1. The van der Waals surface area contributed by atoms with Crippen molar-refractivity contribution in [3.8, 4) is 11.8 Å². The number of aliphatic hydroxyl groups is 2. The van der Waals surface area contributed by atoms with Gasteiger partial charge >= 0.3 is 7.82 Å². The van der Waals surface area contributed by atoms with E-state index in [1.54, 1.807) is 12.1 Å². The minimum Gasteiger partial charge on any atom is -0.493 e. The maximum absolute atomic E-state index is 14.1. The Morgan fingerprint density at radius 2 is 1.62 bits per heavy atom. The number of hydrogen-bond acceptors (Lipinski definition) is 13. The molecule has 0 spiro atoms. The molecule has 0 amide bonds. The summed E-state index contributed by atoms with van der Waals surface area (Å²) >= 11 is 0. The van der Waals surface area contributed by atoms with Crippen molar-refractivity contribution in [2.75, 3.05) is 38.8 Å². The number of aliphatic imine (C=N–C) groups is 1. The quantitative estimate of drug-likeness (QED) is 0.0289. The van der Waals surface area contributed by atoms with Crippen molar-refractivity contribution in [1.82, 2.24) is 14.6 Å². The number of hydrogen-bond donors (Lipinski definition) is 4. The van der Waals surface area contributed by atoms with Crippen LogP contribution in [0.1, 0.15) is 127 Å². The van der Waals surface area contributed by atoms with Gasteiger partial charge in [-0.25, -0.2) is 18.5 Å². The number of nitrogens with zero attached hydrogens (tertiary/aromatic N) is 5. The molecule has 0 radical (unpaired) electrons. The molecule has 0 saturated carbocycles. The summed E-state index contributed by atoms with van der Waals surface area (Å²) in [6, 6.07) is 8.66. The minimum absolute atomic E-state index is 0.0757. The Balaban J connectivity index is 1.21. The Kier molecular flexibility index (Phi) is 20.0. The van der Waals surface area contributed by atoms with E-state index in [0.29, 0.717) is 17.8 Å². The fraction of sp³-hybridized carbons (Fsp3) is 0.659. The summed E-state index contributed by atoms with van der Waals surface area (Å²) in [4.78, 5) is 18.5. The molecule has 3 heterocycles. The van der Waals surface area contributed by atoms with Crippen LogP contribution in [-0.2, 0) is 23.1 Å². The molecule has 1 fully saturated rings. The molecule has 3 aromatic rings. The van der Waals surface area contributed by atoms with Gasteiger partial charge < -0.3 is 35.1 Å². The predicted molar refractivity (Wildman–Crippen MR) is 218 cm³/mol. The van der Waals surface area contributed by atoms with Crippen LogP contribution in [0, 0.1) is 23.1 Å². The molecule has 1 aromatic carbocycles. The molecule has 4 rings (SSSR count). The second kappa shape index (κ2) is 24.5. The van der Waals surface area contributed by atoms with Crippen molar-refractivity contribution < 1.29 is 47.3 Å². The zero-order valence-electron chi connectivity index (χ0n) is 33.8. The van der Waals surface area contributed by atoms with E-state index in [1.807, 2.05) is 6.07 Å². The number of nitrogens with two attached hydrogens (primary N) is 1. The Hall–Kier alpha value is -3.52. The van der Waals surface area contributed by atoms with Crippen molar-refractivity contribution in [1.29, 1.82) is 5.26 Å². The van der Waals surface area contributed by atoms with Gasteiger partial charge in [0.05, 0.1) is 37.1 Å². The summed E-state index contributed by atoms with van der Waals surface area (Å²) in [5.74, 6) is -0.971. The molecule has 0 bridgehead atoms. The van der Waals surface area contributed by atoms with E-state index in [1.165, 1.54) is 100 Å². The first-order chi connectivity index (χ1) is 28.0. The van der Waals surface area contributed by atoms with Crippen molar-refractivity contribution in [3.63, 3.8) is 0 Å². The lowest BCUT2D eigenvalue weighted by molar-refractivity contribution is -0.106. The summed E-state index contributed by atoms with van der Waals surface area (Å²) in [6.45, 7) is 4.99. The Morgan fingerprint density at radius 1 is 0.983 bits per heavy atom. The number of halogens is 1. The van der Waals surface area contributed by atoms with E-state index in [2.05, 4.69) is 28.7 Å². The van der Waals surface area contributed by atoms with E-state index >= 15 is 0 Å². The molecule has 2 aromatic heterocycles. The fourth-order valence-electron chi connectivity index (χ4n) is 6.99. The van der Waals surface area contributed by atoms with E-state index in [0.717, 1.165) is 31.4 Å². The molecule has 5 N–H and O–H groups in total. The lowest BCUT2D eigenvalue weighted by atomic mass is 10.0. The maximum Gasteiger partial charge on any atom is 0.472 e. The Labute approximate surface area is 341 Å². The highest BCUT2D eigenvalue weighted by atomic mass is 31.2. The zero-order chi connectivity index (χ0) is 41.8. The predicted octanol–water partition coefficient (Wildman–Crippen LogP) is 7.62. The lowest BCUT2D eigenvalue weighted by Crippen LogP contribution is -2.45. The van der Waals surface area contributed by atoms with Gasteiger partial charge in [0.2, 0.25) is 5.72 Å². The number of phosphoric acid groups is 1. The molecule has 15 nitrogen and oxygen atoms in total. The number of benzene rings is 1. The number of rotatable bonds is 30. The van der Waals surface area contributed by atoms with Gasteiger partial charge in [0, 0.05) is 18.6 Å². The first kappa shape index (κ1) is 47.2. The Bertz CT molecular complexity index is 1780. The second-order valence-corrected chi connectivity index (χ2v) is 16.5. The molecular formula is C41H62FN6O9P. The van der Waals surface area contributed by atoms with Crippen LogP contribution in [0.15, 0.2) is 41.7 Å². The maximum atomic E-state index is 14.1. The summed E-state index contributed by atoms with van der Waals surface area (Å²) in [6.07, 6.45) is 16.9. The summed E-state index contributed by atoms with van der Waals surface area (Å²) in [5.41, 5.74) is 4.70. The van der Waals surface area contributed by atoms with Gasteiger partial charge in [-0.2, -0.15) is 10.4 Å². The van der Waals surface area contributed by atoms with E-state index in [9.17, 15) is 29.3 Å². The van der Waals surface area contributed by atoms with Gasteiger partial charge in [-0.05, 0) is 37.4 Å². The Morgan fingerprint density at radius 3 is 2.24 bits per heavy atom. The third kappa shape index (κ3) is 14.6. The number of ether oxygens (including phenoxy) is 3. The molecule has 0 aliphatic carbocycles. The summed E-state index contributed by atoms with van der Waals surface area (Å²) in [5, 5.41) is 35.3. The van der Waals surface area contributed by atoms with Gasteiger partial charge in [-0.3, -0.25) is 14.0 Å². The third-order valence-corrected chi connectivity index (χ3v) is 11.3. The monoisotopic (exact) mass is 832 g/mol. The zero-order valence-corrected chi connectivity index (χ0v) is 34.7. The lowest BCUT2D eigenvalue weighted by Gasteiger charge is -2.28. The average molecular weight is 833 g/mol. The average Bonchev–Trinajstić information content (AvgIpc) is 3.76. The van der Waals surface area contributed by atoms with Crippen LogP contribution in [0.3, 0.4) is 0 Å². The molecule has 2 unspecified atom stereocenters. The fourth-order valence-corrected chi connectivity index (χ4v) is 7.82. The minimum atomic E-state index is -4.84. The number of anilines is 1. The largest absolute Gasteiger partial charge is 0.493 e. The van der Waals surface area contributed by atoms with Gasteiger partial charge in [-0.15, -0.1) is 0 Å². The van der Waals surface area contributed by atoms with E-state index < -0.39 is 50.2 Å². The molecule has 6 atom stereocenters. The summed E-state index contributed by atoms with van der Waals surface area (Å²) in [7, 11) is -4.84. The normalized spacial score (nSPS) is 20.9. The molecule has 1 aliphatic rings. The van der Waals surface area contributed by atoms with Crippen LogP contribution in [0.2, 0.25) is 0 Å². The second-order valence-electron chi connectivity index (χ2n) is 15.1. The van der Waals surface area contributed by atoms with Crippen LogP contribution in [0.4, 0.5) is 10.2 Å². The van der Waals surface area contributed by atoms with Gasteiger partial charge in [-0.1, -0.05) is 103 Å². The number of fused-ring (bicyclic) bond motifs is 1. The van der Waals surface area contributed by atoms with Crippen LogP contribution in [0.25, 0.3) is 5.52 Å². The molecule has 1 aliphatic heterocycles. The molecular weight excluding hydrogens is 770 g/mol. The first-order valence-corrected chi connectivity index (χ1v) is 22.1. The first-order valence-electron chi connectivity index (χ1n) is 20.7. The number of nitriles is 1. The van der Waals surface area contributed by atoms with Crippen molar-refractivity contribution in [3.05, 3.63) is 53.7 Å². The van der Waals surface area contributed by atoms with E-state index in [4.69, 9.17) is 29.0 Å². The number of unbranched alkanes of at least 4 members (excludes halogenated alkanes) is 15. The highest BCUT2D eigenvalue weighted by Crippen LogP contribution is 2.48. The van der Waals surface area contributed by atoms with Gasteiger partial charge in [0.25, 0.3) is 0 Å². The van der Waals surface area contributed by atoms with Crippen molar-refractivity contribution >= 4 is 25.9 Å². The van der Waals surface area contributed by atoms with Crippen LogP contribution < -0.4 is 10.5 Å². The molecule has 58 heavy (non-hydrogen) atoms.